The summed E-state index contributed by atoms with van der Waals surface area (Å²) in [5, 5.41) is 10.3. The third kappa shape index (κ3) is 6.58. The molecule has 186 valence electrons. The van der Waals surface area contributed by atoms with Gasteiger partial charge in [-0.2, -0.15) is 0 Å². The molecule has 8 heteroatoms. The zero-order chi connectivity index (χ0) is 26.2. The summed E-state index contributed by atoms with van der Waals surface area (Å²) in [4.78, 5) is 41.7. The molecule has 0 aliphatic heterocycles. The van der Waals surface area contributed by atoms with Crippen molar-refractivity contribution in [1.82, 2.24) is 4.98 Å². The minimum Gasteiger partial charge on any atom is -0.462 e. The van der Waals surface area contributed by atoms with E-state index in [0.29, 0.717) is 11.4 Å². The summed E-state index contributed by atoms with van der Waals surface area (Å²) in [6.45, 7) is 3.70. The summed E-state index contributed by atoms with van der Waals surface area (Å²) >= 11 is 0. The molecule has 0 saturated heterocycles. The Morgan fingerprint density at radius 2 is 1.65 bits per heavy atom. The van der Waals surface area contributed by atoms with E-state index >= 15 is 0 Å². The van der Waals surface area contributed by atoms with Crippen LogP contribution in [0.1, 0.15) is 29.8 Å². The largest absolute Gasteiger partial charge is 0.462 e. The summed E-state index contributed by atoms with van der Waals surface area (Å²) in [6, 6.07) is 21.5. The van der Waals surface area contributed by atoms with E-state index < -0.39 is 17.9 Å². The molecular weight excluding hydrogens is 468 g/mol. The number of ether oxygens (including phenoxy) is 1. The normalized spacial score (nSPS) is 11.0. The third-order valence-electron chi connectivity index (χ3n) is 5.50. The van der Waals surface area contributed by atoms with Crippen LogP contribution in [0.25, 0.3) is 16.3 Å². The molecule has 37 heavy (non-hydrogen) atoms. The molecule has 8 nitrogen and oxygen atoms in total. The van der Waals surface area contributed by atoms with Crippen LogP contribution in [0.3, 0.4) is 0 Å². The maximum Gasteiger partial charge on any atom is 0.340 e. The SMILES string of the molecule is CCOC(=O)c1cc(NC(=O)Nc2cccnc2)ccc1NC(=O)C=C(C)c1ccc2ccccc2c1. The Morgan fingerprint density at radius 3 is 2.41 bits per heavy atom. The Kier molecular flexibility index (Phi) is 7.90. The standard InChI is InChI=1S/C29H26N4O4/c1-3-37-28(35)25-17-23(31-29(36)32-24-9-6-14-30-18-24)12-13-26(25)33-27(34)15-19(2)21-11-10-20-7-4-5-8-22(20)16-21/h4-18H,3H2,1-2H3,(H,33,34)(H2,31,32,36). The van der Waals surface area contributed by atoms with Crippen LogP contribution in [-0.4, -0.2) is 29.5 Å². The minimum absolute atomic E-state index is 0.117. The number of amides is 3. The monoisotopic (exact) mass is 494 g/mol. The van der Waals surface area contributed by atoms with Gasteiger partial charge in [-0.05, 0) is 72.2 Å². The molecule has 1 aromatic heterocycles. The van der Waals surface area contributed by atoms with E-state index in [9.17, 15) is 14.4 Å². The fraction of sp³-hybridized carbons (Fsp3) is 0.103. The lowest BCUT2D eigenvalue weighted by Crippen LogP contribution is -2.20. The molecule has 0 spiro atoms. The number of urea groups is 1. The Labute approximate surface area is 214 Å². The van der Waals surface area contributed by atoms with Gasteiger partial charge in [0.15, 0.2) is 0 Å². The van der Waals surface area contributed by atoms with Crippen LogP contribution in [0.15, 0.2) is 91.3 Å². The van der Waals surface area contributed by atoms with E-state index in [1.54, 1.807) is 37.4 Å². The van der Waals surface area contributed by atoms with Crippen molar-refractivity contribution in [3.05, 3.63) is 102 Å². The lowest BCUT2D eigenvalue weighted by atomic mass is 10.0. The number of hydrogen-bond acceptors (Lipinski definition) is 5. The third-order valence-corrected chi connectivity index (χ3v) is 5.50. The predicted octanol–water partition coefficient (Wildman–Crippen LogP) is 6.10. The number of nitrogens with one attached hydrogen (secondary N) is 3. The molecule has 0 bridgehead atoms. The number of hydrogen-bond donors (Lipinski definition) is 3. The number of anilines is 3. The van der Waals surface area contributed by atoms with Gasteiger partial charge < -0.3 is 20.7 Å². The lowest BCUT2D eigenvalue weighted by molar-refractivity contribution is -0.111. The van der Waals surface area contributed by atoms with E-state index in [4.69, 9.17) is 4.74 Å². The highest BCUT2D eigenvalue weighted by Crippen LogP contribution is 2.24. The summed E-state index contributed by atoms with van der Waals surface area (Å²) in [7, 11) is 0. The summed E-state index contributed by atoms with van der Waals surface area (Å²) in [5.41, 5.74) is 2.94. The second-order valence-corrected chi connectivity index (χ2v) is 8.18. The maximum atomic E-state index is 12.8. The number of carbonyl (C=O) groups is 3. The molecule has 3 amide bonds. The number of rotatable bonds is 7. The second-order valence-electron chi connectivity index (χ2n) is 8.18. The molecule has 0 unspecified atom stereocenters. The molecule has 0 aliphatic carbocycles. The summed E-state index contributed by atoms with van der Waals surface area (Å²) < 4.78 is 5.15. The van der Waals surface area contributed by atoms with Crippen LogP contribution < -0.4 is 16.0 Å². The molecule has 4 aromatic rings. The average Bonchev–Trinajstić information content (AvgIpc) is 2.89. The highest BCUT2D eigenvalue weighted by Gasteiger charge is 2.16. The van der Waals surface area contributed by atoms with Crippen LogP contribution in [-0.2, 0) is 9.53 Å². The maximum absolute atomic E-state index is 12.8. The van der Waals surface area contributed by atoms with E-state index in [-0.39, 0.29) is 17.9 Å². The average molecular weight is 495 g/mol. The lowest BCUT2D eigenvalue weighted by Gasteiger charge is -2.13. The number of allylic oxidation sites excluding steroid dienone is 1. The van der Waals surface area contributed by atoms with Gasteiger partial charge in [0.1, 0.15) is 0 Å². The first-order valence-electron chi connectivity index (χ1n) is 11.7. The number of pyridine rings is 1. The fourth-order valence-corrected chi connectivity index (χ4v) is 3.72. The molecule has 0 aliphatic rings. The topological polar surface area (TPSA) is 109 Å². The van der Waals surface area contributed by atoms with Crippen LogP contribution in [0, 0.1) is 0 Å². The van der Waals surface area contributed by atoms with Crippen molar-refractivity contribution in [3.63, 3.8) is 0 Å². The van der Waals surface area contributed by atoms with E-state index in [0.717, 1.165) is 21.9 Å². The first-order chi connectivity index (χ1) is 17.9. The van der Waals surface area contributed by atoms with Gasteiger partial charge in [0, 0.05) is 18.0 Å². The first-order valence-corrected chi connectivity index (χ1v) is 11.7. The Hall–Kier alpha value is -4.98. The van der Waals surface area contributed by atoms with Crippen molar-refractivity contribution in [2.45, 2.75) is 13.8 Å². The number of benzene rings is 3. The molecule has 0 saturated carbocycles. The molecule has 3 N–H and O–H groups in total. The zero-order valence-corrected chi connectivity index (χ0v) is 20.4. The van der Waals surface area contributed by atoms with Crippen LogP contribution in [0.2, 0.25) is 0 Å². The summed E-state index contributed by atoms with van der Waals surface area (Å²) in [6.07, 6.45) is 4.59. The number of aromatic nitrogens is 1. The van der Waals surface area contributed by atoms with Crippen molar-refractivity contribution >= 4 is 51.3 Å². The van der Waals surface area contributed by atoms with Gasteiger partial charge in [0.2, 0.25) is 5.91 Å². The number of esters is 1. The van der Waals surface area contributed by atoms with Crippen molar-refractivity contribution in [1.29, 1.82) is 0 Å². The quantitative estimate of drug-likeness (QED) is 0.213. The summed E-state index contributed by atoms with van der Waals surface area (Å²) in [5.74, 6) is -1.02. The Bertz CT molecular complexity index is 1480. The minimum atomic E-state index is -0.621. The van der Waals surface area contributed by atoms with E-state index in [2.05, 4.69) is 20.9 Å². The number of nitrogens with zero attached hydrogens (tertiary/aromatic N) is 1. The van der Waals surface area contributed by atoms with Crippen molar-refractivity contribution in [2.24, 2.45) is 0 Å². The van der Waals surface area contributed by atoms with Crippen LogP contribution >= 0.6 is 0 Å². The van der Waals surface area contributed by atoms with E-state index in [1.807, 2.05) is 49.4 Å². The highest BCUT2D eigenvalue weighted by atomic mass is 16.5. The van der Waals surface area contributed by atoms with Crippen molar-refractivity contribution < 1.29 is 19.1 Å². The molecule has 1 heterocycles. The molecule has 4 rings (SSSR count). The Morgan fingerprint density at radius 1 is 0.865 bits per heavy atom. The van der Waals surface area contributed by atoms with Gasteiger partial charge in [-0.25, -0.2) is 9.59 Å². The van der Waals surface area contributed by atoms with Crippen LogP contribution in [0.5, 0.6) is 0 Å². The smallest absolute Gasteiger partial charge is 0.340 e. The second kappa shape index (κ2) is 11.6. The van der Waals surface area contributed by atoms with E-state index in [1.165, 1.54) is 18.3 Å². The number of fused-ring (bicyclic) bond motifs is 1. The zero-order valence-electron chi connectivity index (χ0n) is 20.4. The van der Waals surface area contributed by atoms with Crippen molar-refractivity contribution in [2.75, 3.05) is 22.6 Å². The van der Waals surface area contributed by atoms with Crippen LogP contribution in [0.4, 0.5) is 21.9 Å². The van der Waals surface area contributed by atoms with Gasteiger partial charge in [0.25, 0.3) is 0 Å². The van der Waals surface area contributed by atoms with Gasteiger partial charge in [-0.1, -0.05) is 36.4 Å². The Balaban J connectivity index is 1.51. The van der Waals surface area contributed by atoms with Gasteiger partial charge in [-0.3, -0.25) is 9.78 Å². The molecule has 0 fully saturated rings. The van der Waals surface area contributed by atoms with Gasteiger partial charge >= 0.3 is 12.0 Å². The molecule has 3 aromatic carbocycles. The molecule has 0 radical (unpaired) electrons. The van der Waals surface area contributed by atoms with Crippen molar-refractivity contribution in [3.8, 4) is 0 Å². The van der Waals surface area contributed by atoms with Gasteiger partial charge in [-0.15, -0.1) is 0 Å². The molecular formula is C29H26N4O4. The number of carbonyl (C=O) groups excluding carboxylic acids is 3. The fourth-order valence-electron chi connectivity index (χ4n) is 3.72. The first kappa shape index (κ1) is 25.1. The molecule has 0 atom stereocenters. The predicted molar refractivity (Wildman–Crippen MR) is 146 cm³/mol. The highest BCUT2D eigenvalue weighted by molar-refractivity contribution is 6.09. The van der Waals surface area contributed by atoms with Gasteiger partial charge in [0.05, 0.1) is 29.7 Å².